The summed E-state index contributed by atoms with van der Waals surface area (Å²) < 4.78 is 42.0. The summed E-state index contributed by atoms with van der Waals surface area (Å²) in [6, 6.07) is 5.03. The molecule has 1 rings (SSSR count). The summed E-state index contributed by atoms with van der Waals surface area (Å²) in [4.78, 5) is 0. The quantitative estimate of drug-likeness (QED) is 0.887. The minimum atomic E-state index is -4.29. The van der Waals surface area contributed by atoms with Crippen LogP contribution in [0.15, 0.2) is 24.3 Å². The number of hydrogen-bond acceptors (Lipinski definition) is 2. The van der Waals surface area contributed by atoms with Crippen LogP contribution in [0.3, 0.4) is 0 Å². The van der Waals surface area contributed by atoms with E-state index >= 15 is 0 Å². The average Bonchev–Trinajstić information content (AvgIpc) is 2.16. The molecule has 2 nitrogen and oxygen atoms in total. The van der Waals surface area contributed by atoms with Crippen LogP contribution in [0.4, 0.5) is 13.2 Å². The third-order valence-electron chi connectivity index (χ3n) is 2.36. The van der Waals surface area contributed by atoms with Crippen molar-refractivity contribution in [2.75, 3.05) is 13.7 Å². The Hall–Kier alpha value is -1.07. The topological polar surface area (TPSA) is 35.2 Å². The van der Waals surface area contributed by atoms with Crippen molar-refractivity contribution in [1.82, 2.24) is 0 Å². The van der Waals surface area contributed by atoms with Gasteiger partial charge in [0.2, 0.25) is 0 Å². The zero-order valence-electron chi connectivity index (χ0n) is 9.84. The van der Waals surface area contributed by atoms with Crippen LogP contribution < -0.4 is 5.73 Å². The summed E-state index contributed by atoms with van der Waals surface area (Å²) in [6.07, 6.45) is -3.82. The maximum Gasteiger partial charge on any atom is 0.416 e. The minimum absolute atomic E-state index is 0.355. The standard InChI is InChI=1S/C12H16F3NO/c1-11(16,8-17-2)7-9-3-5-10(6-4-9)12(13,14)15/h3-6H,7-8,16H2,1-2H3. The van der Waals surface area contributed by atoms with E-state index in [1.807, 2.05) is 0 Å². The molecular weight excluding hydrogens is 231 g/mol. The summed E-state index contributed by atoms with van der Waals surface area (Å²) in [5.41, 5.74) is 5.48. The van der Waals surface area contributed by atoms with Crippen molar-refractivity contribution < 1.29 is 17.9 Å². The smallest absolute Gasteiger partial charge is 0.383 e. The Kier molecular flexibility index (Phi) is 4.16. The van der Waals surface area contributed by atoms with Crippen LogP contribution in [0.2, 0.25) is 0 Å². The van der Waals surface area contributed by atoms with E-state index in [0.717, 1.165) is 17.7 Å². The largest absolute Gasteiger partial charge is 0.416 e. The molecule has 1 unspecified atom stereocenters. The number of hydrogen-bond donors (Lipinski definition) is 1. The molecule has 0 heterocycles. The maximum atomic E-state index is 12.3. The van der Waals surface area contributed by atoms with Gasteiger partial charge in [0.1, 0.15) is 0 Å². The molecule has 17 heavy (non-hydrogen) atoms. The zero-order chi connectivity index (χ0) is 13.1. The zero-order valence-corrected chi connectivity index (χ0v) is 9.84. The van der Waals surface area contributed by atoms with E-state index < -0.39 is 17.3 Å². The van der Waals surface area contributed by atoms with Gasteiger partial charge in [-0.1, -0.05) is 12.1 Å². The van der Waals surface area contributed by atoms with Crippen LogP contribution in [0.25, 0.3) is 0 Å². The van der Waals surface area contributed by atoms with Crippen LogP contribution in [0.1, 0.15) is 18.1 Å². The van der Waals surface area contributed by atoms with E-state index in [9.17, 15) is 13.2 Å². The van der Waals surface area contributed by atoms with Gasteiger partial charge in [-0.2, -0.15) is 13.2 Å². The van der Waals surface area contributed by atoms with Crippen LogP contribution in [0, 0.1) is 0 Å². The maximum absolute atomic E-state index is 12.3. The molecule has 0 aliphatic carbocycles. The Bertz CT molecular complexity index is 357. The van der Waals surface area contributed by atoms with Gasteiger partial charge in [-0.3, -0.25) is 0 Å². The molecule has 0 bridgehead atoms. The fourth-order valence-electron chi connectivity index (χ4n) is 1.66. The van der Waals surface area contributed by atoms with Gasteiger partial charge < -0.3 is 10.5 Å². The van der Waals surface area contributed by atoms with E-state index in [1.165, 1.54) is 19.2 Å². The lowest BCUT2D eigenvalue weighted by Crippen LogP contribution is -2.43. The summed E-state index contributed by atoms with van der Waals surface area (Å²) in [5, 5.41) is 0. The molecule has 1 atom stereocenters. The fourth-order valence-corrected chi connectivity index (χ4v) is 1.66. The van der Waals surface area contributed by atoms with Gasteiger partial charge in [0.25, 0.3) is 0 Å². The minimum Gasteiger partial charge on any atom is -0.383 e. The van der Waals surface area contributed by atoms with Gasteiger partial charge in [0.05, 0.1) is 12.2 Å². The van der Waals surface area contributed by atoms with Crippen molar-refractivity contribution in [2.24, 2.45) is 5.73 Å². The number of methoxy groups -OCH3 is 1. The number of nitrogens with two attached hydrogens (primary N) is 1. The fraction of sp³-hybridized carbons (Fsp3) is 0.500. The average molecular weight is 247 g/mol. The van der Waals surface area contributed by atoms with E-state index in [2.05, 4.69) is 0 Å². The third kappa shape index (κ3) is 4.36. The molecule has 0 aliphatic rings. The van der Waals surface area contributed by atoms with Crippen molar-refractivity contribution >= 4 is 0 Å². The van der Waals surface area contributed by atoms with Crippen molar-refractivity contribution in [3.8, 4) is 0 Å². The molecule has 0 saturated carbocycles. The Morgan fingerprint density at radius 1 is 1.18 bits per heavy atom. The second-order valence-corrected chi connectivity index (χ2v) is 4.46. The van der Waals surface area contributed by atoms with Crippen LogP contribution >= 0.6 is 0 Å². The Morgan fingerprint density at radius 2 is 1.71 bits per heavy atom. The predicted molar refractivity (Wildman–Crippen MR) is 59.6 cm³/mol. The second kappa shape index (κ2) is 5.06. The summed E-state index contributed by atoms with van der Waals surface area (Å²) in [7, 11) is 1.54. The summed E-state index contributed by atoms with van der Waals surface area (Å²) in [6.45, 7) is 2.15. The second-order valence-electron chi connectivity index (χ2n) is 4.46. The van der Waals surface area contributed by atoms with E-state index in [1.54, 1.807) is 6.92 Å². The van der Waals surface area contributed by atoms with Gasteiger partial charge in [-0.05, 0) is 31.0 Å². The Balaban J connectivity index is 2.75. The molecular formula is C12H16F3NO. The normalized spacial score (nSPS) is 15.6. The van der Waals surface area contributed by atoms with E-state index in [-0.39, 0.29) is 0 Å². The molecule has 0 amide bonds. The van der Waals surface area contributed by atoms with Crippen LogP contribution in [-0.4, -0.2) is 19.3 Å². The van der Waals surface area contributed by atoms with E-state index in [4.69, 9.17) is 10.5 Å². The van der Waals surface area contributed by atoms with Gasteiger partial charge in [0.15, 0.2) is 0 Å². The highest BCUT2D eigenvalue weighted by atomic mass is 19.4. The SMILES string of the molecule is COCC(C)(N)Cc1ccc(C(F)(F)F)cc1. The summed E-state index contributed by atoms with van der Waals surface area (Å²) >= 11 is 0. The Morgan fingerprint density at radius 3 is 2.12 bits per heavy atom. The first-order chi connectivity index (χ1) is 7.74. The first kappa shape index (κ1) is 14.0. The van der Waals surface area contributed by atoms with Crippen LogP contribution in [0.5, 0.6) is 0 Å². The highest BCUT2D eigenvalue weighted by Gasteiger charge is 2.30. The summed E-state index contributed by atoms with van der Waals surface area (Å²) in [5.74, 6) is 0. The predicted octanol–water partition coefficient (Wildman–Crippen LogP) is 2.61. The lowest BCUT2D eigenvalue weighted by molar-refractivity contribution is -0.137. The molecule has 0 saturated heterocycles. The molecule has 1 aromatic carbocycles. The van der Waals surface area contributed by atoms with Gasteiger partial charge in [0, 0.05) is 12.6 Å². The van der Waals surface area contributed by atoms with Gasteiger partial charge in [-0.25, -0.2) is 0 Å². The van der Waals surface area contributed by atoms with E-state index in [0.29, 0.717) is 13.0 Å². The van der Waals surface area contributed by atoms with Crippen LogP contribution in [-0.2, 0) is 17.3 Å². The first-order valence-electron chi connectivity index (χ1n) is 5.18. The van der Waals surface area contributed by atoms with Gasteiger partial charge >= 0.3 is 6.18 Å². The number of halogens is 3. The number of ether oxygens (including phenoxy) is 1. The third-order valence-corrected chi connectivity index (χ3v) is 2.36. The van der Waals surface area contributed by atoms with Crippen molar-refractivity contribution in [2.45, 2.75) is 25.1 Å². The molecule has 0 fully saturated rings. The number of benzene rings is 1. The molecule has 0 aromatic heterocycles. The van der Waals surface area contributed by atoms with Gasteiger partial charge in [-0.15, -0.1) is 0 Å². The molecule has 2 N–H and O–H groups in total. The first-order valence-corrected chi connectivity index (χ1v) is 5.18. The van der Waals surface area contributed by atoms with Crippen molar-refractivity contribution in [3.05, 3.63) is 35.4 Å². The van der Waals surface area contributed by atoms with Crippen molar-refractivity contribution in [3.63, 3.8) is 0 Å². The molecule has 0 spiro atoms. The molecule has 0 aliphatic heterocycles. The molecule has 96 valence electrons. The monoisotopic (exact) mass is 247 g/mol. The molecule has 0 radical (unpaired) electrons. The highest BCUT2D eigenvalue weighted by molar-refractivity contribution is 5.25. The highest BCUT2D eigenvalue weighted by Crippen LogP contribution is 2.29. The number of rotatable bonds is 4. The lowest BCUT2D eigenvalue weighted by atomic mass is 9.94. The Labute approximate surface area is 98.6 Å². The molecule has 1 aromatic rings. The molecule has 5 heteroatoms. The van der Waals surface area contributed by atoms with Crippen molar-refractivity contribution in [1.29, 1.82) is 0 Å². The lowest BCUT2D eigenvalue weighted by Gasteiger charge is -2.23. The number of alkyl halides is 3.